The first-order chi connectivity index (χ1) is 15.9. The van der Waals surface area contributed by atoms with E-state index in [0.29, 0.717) is 22.6 Å². The van der Waals surface area contributed by atoms with Crippen molar-refractivity contribution in [3.8, 4) is 17.1 Å². The predicted molar refractivity (Wildman–Crippen MR) is 114 cm³/mol. The number of anilines is 1. The van der Waals surface area contributed by atoms with E-state index in [0.717, 1.165) is 0 Å². The standard InChI is InChI=1S/C20H17N7O6/c1-3-33-20(29)13-10-22-26-14(7-8-21-17(13)26)11-5-4-6-12(9-11)23-18(28)15-16(27(30)31)19(32-2)25-24-15/h4-10H,3H2,1-2H3,(H,23,28)(H,24,25). The predicted octanol–water partition coefficient (Wildman–Crippen LogP) is 2.47. The van der Waals surface area contributed by atoms with Gasteiger partial charge in [-0.1, -0.05) is 12.1 Å². The highest BCUT2D eigenvalue weighted by Crippen LogP contribution is 2.29. The number of methoxy groups -OCH3 is 1. The zero-order valence-electron chi connectivity index (χ0n) is 17.4. The summed E-state index contributed by atoms with van der Waals surface area (Å²) in [6.07, 6.45) is 2.90. The fourth-order valence-corrected chi connectivity index (χ4v) is 3.20. The summed E-state index contributed by atoms with van der Waals surface area (Å²) in [7, 11) is 1.21. The molecule has 0 spiro atoms. The van der Waals surface area contributed by atoms with Crippen molar-refractivity contribution in [1.82, 2.24) is 24.8 Å². The number of esters is 1. The van der Waals surface area contributed by atoms with Crippen molar-refractivity contribution in [1.29, 1.82) is 0 Å². The average Bonchev–Trinajstić information content (AvgIpc) is 3.44. The van der Waals surface area contributed by atoms with Crippen LogP contribution in [0.4, 0.5) is 11.4 Å². The maximum absolute atomic E-state index is 12.6. The smallest absolute Gasteiger partial charge is 0.362 e. The molecule has 13 nitrogen and oxygen atoms in total. The number of ether oxygens (including phenoxy) is 2. The largest absolute Gasteiger partial charge is 0.475 e. The van der Waals surface area contributed by atoms with Gasteiger partial charge in [-0.2, -0.15) is 5.10 Å². The number of nitrogens with zero attached hydrogens (tertiary/aromatic N) is 5. The summed E-state index contributed by atoms with van der Waals surface area (Å²) in [5.74, 6) is -1.60. The first kappa shape index (κ1) is 21.4. The van der Waals surface area contributed by atoms with E-state index in [9.17, 15) is 19.7 Å². The third kappa shape index (κ3) is 3.94. The Morgan fingerprint density at radius 1 is 1.30 bits per heavy atom. The molecule has 0 saturated heterocycles. The third-order valence-corrected chi connectivity index (χ3v) is 4.62. The number of rotatable bonds is 7. The third-order valence-electron chi connectivity index (χ3n) is 4.62. The molecule has 168 valence electrons. The van der Waals surface area contributed by atoms with E-state index >= 15 is 0 Å². The van der Waals surface area contributed by atoms with Crippen LogP contribution >= 0.6 is 0 Å². The van der Waals surface area contributed by atoms with Gasteiger partial charge in [0.1, 0.15) is 5.56 Å². The summed E-state index contributed by atoms with van der Waals surface area (Å²) in [5.41, 5.74) is 1.24. The Morgan fingerprint density at radius 3 is 2.85 bits per heavy atom. The molecule has 1 aromatic carbocycles. The fraction of sp³-hybridized carbons (Fsp3) is 0.150. The van der Waals surface area contributed by atoms with Crippen LogP contribution in [-0.4, -0.2) is 55.3 Å². The van der Waals surface area contributed by atoms with Gasteiger partial charge in [0.2, 0.25) is 5.69 Å². The van der Waals surface area contributed by atoms with E-state index in [1.54, 1.807) is 37.3 Å². The van der Waals surface area contributed by atoms with Crippen molar-refractivity contribution < 1.29 is 24.0 Å². The van der Waals surface area contributed by atoms with E-state index < -0.39 is 22.5 Å². The number of nitro groups is 1. The van der Waals surface area contributed by atoms with Gasteiger partial charge in [0.25, 0.3) is 5.91 Å². The summed E-state index contributed by atoms with van der Waals surface area (Å²) < 4.78 is 11.3. The number of benzene rings is 1. The van der Waals surface area contributed by atoms with Crippen LogP contribution in [-0.2, 0) is 4.74 Å². The van der Waals surface area contributed by atoms with Gasteiger partial charge in [0.05, 0.1) is 30.5 Å². The van der Waals surface area contributed by atoms with Crippen LogP contribution in [0.5, 0.6) is 5.88 Å². The molecule has 0 aliphatic rings. The molecule has 33 heavy (non-hydrogen) atoms. The highest BCUT2D eigenvalue weighted by atomic mass is 16.6. The van der Waals surface area contributed by atoms with Crippen LogP contribution in [0.2, 0.25) is 0 Å². The lowest BCUT2D eigenvalue weighted by Crippen LogP contribution is -2.14. The molecule has 3 aromatic heterocycles. The van der Waals surface area contributed by atoms with E-state index in [1.165, 1.54) is 24.0 Å². The van der Waals surface area contributed by atoms with E-state index in [2.05, 4.69) is 25.6 Å². The maximum Gasteiger partial charge on any atom is 0.362 e. The second-order valence-corrected chi connectivity index (χ2v) is 6.59. The Balaban J connectivity index is 1.66. The van der Waals surface area contributed by atoms with Crippen molar-refractivity contribution in [3.63, 3.8) is 0 Å². The van der Waals surface area contributed by atoms with E-state index in [4.69, 9.17) is 9.47 Å². The Hall–Kier alpha value is -4.81. The number of nitrogens with one attached hydrogen (secondary N) is 2. The Labute approximate surface area is 185 Å². The molecule has 0 saturated carbocycles. The number of amides is 1. The Morgan fingerprint density at radius 2 is 2.12 bits per heavy atom. The van der Waals surface area contributed by atoms with E-state index in [-0.39, 0.29) is 23.7 Å². The van der Waals surface area contributed by atoms with Crippen LogP contribution in [0.1, 0.15) is 27.8 Å². The number of H-pyrrole nitrogens is 1. The van der Waals surface area contributed by atoms with Crippen LogP contribution in [0.15, 0.2) is 42.7 Å². The molecule has 2 N–H and O–H groups in total. The minimum atomic E-state index is -0.766. The van der Waals surface area contributed by atoms with Crippen molar-refractivity contribution in [3.05, 3.63) is 64.1 Å². The molecule has 0 fully saturated rings. The molecule has 0 aliphatic carbocycles. The van der Waals surface area contributed by atoms with Gasteiger partial charge < -0.3 is 14.8 Å². The van der Waals surface area contributed by atoms with Crippen LogP contribution in [0.25, 0.3) is 16.9 Å². The summed E-state index contributed by atoms with van der Waals surface area (Å²) in [6.45, 7) is 1.92. The summed E-state index contributed by atoms with van der Waals surface area (Å²) >= 11 is 0. The van der Waals surface area contributed by atoms with Gasteiger partial charge in [-0.05, 0) is 25.1 Å². The van der Waals surface area contributed by atoms with Crippen molar-refractivity contribution in [2.75, 3.05) is 19.0 Å². The van der Waals surface area contributed by atoms with Gasteiger partial charge in [-0.3, -0.25) is 20.0 Å². The number of aromatic amines is 1. The van der Waals surface area contributed by atoms with Gasteiger partial charge in [0.15, 0.2) is 5.65 Å². The molecule has 0 aliphatic heterocycles. The van der Waals surface area contributed by atoms with Gasteiger partial charge in [-0.25, -0.2) is 14.3 Å². The van der Waals surface area contributed by atoms with Crippen LogP contribution in [0, 0.1) is 10.1 Å². The fourth-order valence-electron chi connectivity index (χ4n) is 3.20. The molecule has 0 unspecified atom stereocenters. The molecule has 0 radical (unpaired) electrons. The highest BCUT2D eigenvalue weighted by molar-refractivity contribution is 6.06. The molecule has 13 heteroatoms. The Kier molecular flexibility index (Phi) is 5.67. The SMILES string of the molecule is CCOC(=O)c1cnn2c(-c3cccc(NC(=O)c4[nH]nc(OC)c4[N+](=O)[O-])c3)ccnc12. The zero-order chi connectivity index (χ0) is 23.5. The molecule has 4 aromatic rings. The monoisotopic (exact) mass is 451 g/mol. The maximum atomic E-state index is 12.6. The normalized spacial score (nSPS) is 10.7. The van der Waals surface area contributed by atoms with Gasteiger partial charge >= 0.3 is 17.5 Å². The first-order valence-corrected chi connectivity index (χ1v) is 9.63. The molecular formula is C20H17N7O6. The number of carbonyl (C=O) groups is 2. The second-order valence-electron chi connectivity index (χ2n) is 6.59. The zero-order valence-corrected chi connectivity index (χ0v) is 17.4. The lowest BCUT2D eigenvalue weighted by Gasteiger charge is -2.08. The number of hydrogen-bond donors (Lipinski definition) is 2. The lowest BCUT2D eigenvalue weighted by atomic mass is 10.1. The molecule has 4 rings (SSSR count). The highest BCUT2D eigenvalue weighted by Gasteiger charge is 2.30. The quantitative estimate of drug-likeness (QED) is 0.244. The average molecular weight is 451 g/mol. The van der Waals surface area contributed by atoms with Gasteiger partial charge in [0, 0.05) is 17.4 Å². The topological polar surface area (TPSA) is 167 Å². The minimum absolute atomic E-state index is 0.220. The van der Waals surface area contributed by atoms with Crippen LogP contribution in [0.3, 0.4) is 0 Å². The molecular weight excluding hydrogens is 434 g/mol. The molecule has 0 atom stereocenters. The summed E-state index contributed by atoms with van der Waals surface area (Å²) in [5, 5.41) is 24.1. The van der Waals surface area contributed by atoms with Crippen molar-refractivity contribution in [2.24, 2.45) is 0 Å². The first-order valence-electron chi connectivity index (χ1n) is 9.63. The molecule has 1 amide bonds. The van der Waals surface area contributed by atoms with Crippen LogP contribution < -0.4 is 10.1 Å². The number of fused-ring (bicyclic) bond motifs is 1. The second kappa shape index (κ2) is 8.74. The Bertz CT molecular complexity index is 1380. The van der Waals surface area contributed by atoms with Gasteiger partial charge in [-0.15, -0.1) is 5.10 Å². The van der Waals surface area contributed by atoms with Crippen molar-refractivity contribution in [2.45, 2.75) is 6.92 Å². The minimum Gasteiger partial charge on any atom is -0.475 e. The molecule has 0 bridgehead atoms. The number of aromatic nitrogens is 5. The summed E-state index contributed by atoms with van der Waals surface area (Å²) in [4.78, 5) is 39.6. The van der Waals surface area contributed by atoms with E-state index in [1.807, 2.05) is 0 Å². The number of hydrogen-bond acceptors (Lipinski definition) is 9. The summed E-state index contributed by atoms with van der Waals surface area (Å²) in [6, 6.07) is 8.43. The lowest BCUT2D eigenvalue weighted by molar-refractivity contribution is -0.386. The number of carbonyl (C=O) groups excluding carboxylic acids is 2. The van der Waals surface area contributed by atoms with Crippen molar-refractivity contribution >= 4 is 28.9 Å². The molecule has 3 heterocycles.